The van der Waals surface area contributed by atoms with Crippen molar-refractivity contribution < 1.29 is 24.5 Å². The number of carbonyl (C=O) groups excluding carboxylic acids is 2. The average Bonchev–Trinajstić information content (AvgIpc) is 3.38. The molecule has 1 aliphatic carbocycles. The van der Waals surface area contributed by atoms with E-state index in [2.05, 4.69) is 0 Å². The van der Waals surface area contributed by atoms with Gasteiger partial charge >= 0.3 is 0 Å². The second-order valence-corrected chi connectivity index (χ2v) is 9.97. The molecule has 5 rings (SSSR count). The maximum Gasteiger partial charge on any atom is 0.238 e. The van der Waals surface area contributed by atoms with Crippen molar-refractivity contribution in [1.29, 1.82) is 0 Å². The first-order chi connectivity index (χ1) is 16.9. The molecular weight excluding hydrogens is 466 g/mol. The Morgan fingerprint density at radius 1 is 1.14 bits per heavy atom. The van der Waals surface area contributed by atoms with Gasteiger partial charge < -0.3 is 14.9 Å². The van der Waals surface area contributed by atoms with Gasteiger partial charge in [-0.2, -0.15) is 0 Å². The molecular formula is C28H28ClNO5. The molecule has 182 valence electrons. The van der Waals surface area contributed by atoms with Crippen LogP contribution in [-0.2, 0) is 14.3 Å². The van der Waals surface area contributed by atoms with Crippen molar-refractivity contribution in [3.63, 3.8) is 0 Å². The third-order valence-corrected chi connectivity index (χ3v) is 7.73. The molecule has 2 aliphatic heterocycles. The molecule has 0 aromatic heterocycles. The first-order valence-corrected chi connectivity index (χ1v) is 12.3. The van der Waals surface area contributed by atoms with Gasteiger partial charge in [0, 0.05) is 5.92 Å². The summed E-state index contributed by atoms with van der Waals surface area (Å²) in [4.78, 5) is 28.0. The number of aliphatic hydroxyl groups is 1. The number of carbonyl (C=O) groups is 2. The van der Waals surface area contributed by atoms with Crippen LogP contribution in [0.1, 0.15) is 31.7 Å². The number of phenols is 1. The molecule has 6 nitrogen and oxygen atoms in total. The quantitative estimate of drug-likeness (QED) is 0.448. The van der Waals surface area contributed by atoms with E-state index in [1.807, 2.05) is 31.2 Å². The number of rotatable bonds is 6. The SMILES string of the molecule is C/C(=C\c1ccc(O)cc1Cl)CC[C@H]1OC[C@H]2C1=C(CO)C[C@H]1C(=O)N(c3ccccc3)C(=O)[C@H]12. The molecule has 0 saturated carbocycles. The number of allylic oxidation sites excluding steroid dienone is 1. The number of aliphatic hydroxyl groups excluding tert-OH is 1. The number of hydrogen-bond acceptors (Lipinski definition) is 5. The summed E-state index contributed by atoms with van der Waals surface area (Å²) in [5, 5.41) is 20.2. The number of benzene rings is 2. The Bertz CT molecular complexity index is 1220. The zero-order chi connectivity index (χ0) is 24.7. The minimum atomic E-state index is -0.459. The van der Waals surface area contributed by atoms with E-state index < -0.39 is 11.8 Å². The van der Waals surface area contributed by atoms with E-state index in [0.29, 0.717) is 30.2 Å². The number of imide groups is 1. The number of ether oxygens (including phenoxy) is 1. The monoisotopic (exact) mass is 493 g/mol. The van der Waals surface area contributed by atoms with Crippen molar-refractivity contribution in [3.8, 4) is 5.75 Å². The normalized spacial score (nSPS) is 26.4. The number of para-hydroxylation sites is 1. The van der Waals surface area contributed by atoms with E-state index in [9.17, 15) is 19.8 Å². The third-order valence-electron chi connectivity index (χ3n) is 7.40. The second kappa shape index (κ2) is 9.61. The van der Waals surface area contributed by atoms with Crippen LogP contribution in [0, 0.1) is 17.8 Å². The predicted octanol–water partition coefficient (Wildman–Crippen LogP) is 4.74. The van der Waals surface area contributed by atoms with Gasteiger partial charge in [-0.25, -0.2) is 0 Å². The van der Waals surface area contributed by atoms with Gasteiger partial charge in [-0.3, -0.25) is 14.5 Å². The van der Waals surface area contributed by atoms with Crippen molar-refractivity contribution in [2.45, 2.75) is 32.3 Å². The maximum atomic E-state index is 13.4. The number of hydrogen-bond donors (Lipinski definition) is 2. The molecule has 7 heteroatoms. The van der Waals surface area contributed by atoms with E-state index in [1.165, 1.54) is 11.0 Å². The standard InChI is InChI=1S/C28H28ClNO5/c1-16(11-17-8-9-20(32)13-23(17)29)7-10-24-25-18(14-31)12-21-26(22(25)15-35-24)28(34)30(27(21)33)19-5-3-2-4-6-19/h2-6,8-9,11,13,21-22,24,26,31-32H,7,10,12,14-15H2,1H3/b16-11+/t21-,22+,24-,26-/m1/s1. The van der Waals surface area contributed by atoms with Crippen molar-refractivity contribution >= 4 is 35.2 Å². The van der Waals surface area contributed by atoms with Crippen molar-refractivity contribution in [1.82, 2.24) is 0 Å². The summed E-state index contributed by atoms with van der Waals surface area (Å²) in [6.45, 7) is 2.25. The minimum Gasteiger partial charge on any atom is -0.508 e. The molecule has 2 saturated heterocycles. The molecule has 0 radical (unpaired) electrons. The zero-order valence-electron chi connectivity index (χ0n) is 19.5. The lowest BCUT2D eigenvalue weighted by molar-refractivity contribution is -0.122. The molecule has 2 heterocycles. The van der Waals surface area contributed by atoms with Crippen LogP contribution in [0.2, 0.25) is 5.02 Å². The number of aromatic hydroxyl groups is 1. The summed E-state index contributed by atoms with van der Waals surface area (Å²) in [5.41, 5.74) is 4.36. The molecule has 2 N–H and O–H groups in total. The van der Waals surface area contributed by atoms with Crippen LogP contribution >= 0.6 is 11.6 Å². The van der Waals surface area contributed by atoms with Gasteiger partial charge in [0.15, 0.2) is 0 Å². The Kier molecular flexibility index (Phi) is 6.53. The zero-order valence-corrected chi connectivity index (χ0v) is 20.2. The minimum absolute atomic E-state index is 0.125. The largest absolute Gasteiger partial charge is 0.508 e. The second-order valence-electron chi connectivity index (χ2n) is 9.56. The van der Waals surface area contributed by atoms with Crippen molar-refractivity contribution in [2.24, 2.45) is 17.8 Å². The molecule has 3 aliphatic rings. The molecule has 0 unspecified atom stereocenters. The summed E-state index contributed by atoms with van der Waals surface area (Å²) in [6.07, 6.45) is 3.63. The molecule has 2 aromatic carbocycles. The predicted molar refractivity (Wildman–Crippen MR) is 134 cm³/mol. The molecule has 2 fully saturated rings. The van der Waals surface area contributed by atoms with Gasteiger partial charge in [0.2, 0.25) is 11.8 Å². The van der Waals surface area contributed by atoms with Crippen LogP contribution in [0.5, 0.6) is 5.75 Å². The molecule has 4 atom stereocenters. The van der Waals surface area contributed by atoms with E-state index in [4.69, 9.17) is 16.3 Å². The lowest BCUT2D eigenvalue weighted by Crippen LogP contribution is -2.35. The van der Waals surface area contributed by atoms with Gasteiger partial charge in [0.25, 0.3) is 0 Å². The first kappa shape index (κ1) is 23.8. The van der Waals surface area contributed by atoms with Gasteiger partial charge in [-0.1, -0.05) is 41.4 Å². The number of anilines is 1. The summed E-state index contributed by atoms with van der Waals surface area (Å²) < 4.78 is 6.17. The fourth-order valence-corrected chi connectivity index (χ4v) is 6.01. The highest BCUT2D eigenvalue weighted by Crippen LogP contribution is 2.50. The Morgan fingerprint density at radius 3 is 2.63 bits per heavy atom. The highest BCUT2D eigenvalue weighted by atomic mass is 35.5. The first-order valence-electron chi connectivity index (χ1n) is 11.9. The lowest BCUT2D eigenvalue weighted by Gasteiger charge is -2.31. The van der Waals surface area contributed by atoms with E-state index >= 15 is 0 Å². The summed E-state index contributed by atoms with van der Waals surface area (Å²) in [5.74, 6) is -1.34. The number of amides is 2. The third kappa shape index (κ3) is 4.31. The molecule has 2 amide bonds. The molecule has 2 aromatic rings. The Balaban J connectivity index is 1.35. The van der Waals surface area contributed by atoms with Crippen LogP contribution in [0.3, 0.4) is 0 Å². The summed E-state index contributed by atoms with van der Waals surface area (Å²) >= 11 is 6.24. The van der Waals surface area contributed by atoms with E-state index in [1.54, 1.807) is 24.3 Å². The summed E-state index contributed by atoms with van der Waals surface area (Å²) in [6, 6.07) is 13.9. The molecule has 35 heavy (non-hydrogen) atoms. The Labute approximate surface area is 209 Å². The fourth-order valence-electron chi connectivity index (χ4n) is 5.78. The van der Waals surface area contributed by atoms with E-state index in [-0.39, 0.29) is 36.2 Å². The van der Waals surface area contributed by atoms with Crippen molar-refractivity contribution in [2.75, 3.05) is 18.1 Å². The van der Waals surface area contributed by atoms with Gasteiger partial charge in [0.05, 0.1) is 41.9 Å². The highest BCUT2D eigenvalue weighted by Gasteiger charge is 2.57. The molecule has 0 bridgehead atoms. The van der Waals surface area contributed by atoms with Crippen LogP contribution in [0.15, 0.2) is 65.3 Å². The molecule has 0 spiro atoms. The van der Waals surface area contributed by atoms with Gasteiger partial charge in [0.1, 0.15) is 5.75 Å². The van der Waals surface area contributed by atoms with E-state index in [0.717, 1.165) is 28.7 Å². The number of halogens is 1. The lowest BCUT2D eigenvalue weighted by atomic mass is 9.69. The van der Waals surface area contributed by atoms with Gasteiger partial charge in [-0.05, 0) is 73.2 Å². The van der Waals surface area contributed by atoms with Gasteiger partial charge in [-0.15, -0.1) is 0 Å². The number of fused-ring (bicyclic) bond motifs is 3. The Morgan fingerprint density at radius 2 is 1.91 bits per heavy atom. The topological polar surface area (TPSA) is 87.1 Å². The van der Waals surface area contributed by atoms with Crippen LogP contribution in [0.25, 0.3) is 6.08 Å². The number of phenolic OH excluding ortho intramolecular Hbond substituents is 1. The Hall–Kier alpha value is -2.93. The highest BCUT2D eigenvalue weighted by molar-refractivity contribution is 6.32. The smallest absolute Gasteiger partial charge is 0.238 e. The van der Waals surface area contributed by atoms with Crippen molar-refractivity contribution in [3.05, 3.63) is 75.8 Å². The summed E-state index contributed by atoms with van der Waals surface area (Å²) in [7, 11) is 0. The number of nitrogens with zero attached hydrogens (tertiary/aromatic N) is 1. The maximum absolute atomic E-state index is 13.4. The van der Waals surface area contributed by atoms with Crippen LogP contribution in [0.4, 0.5) is 5.69 Å². The fraction of sp³-hybridized carbons (Fsp3) is 0.357. The average molecular weight is 494 g/mol. The van der Waals surface area contributed by atoms with Crippen LogP contribution in [-0.4, -0.2) is 41.3 Å². The van der Waals surface area contributed by atoms with Crippen LogP contribution < -0.4 is 4.90 Å².